The second-order valence-electron chi connectivity index (χ2n) is 3.26. The Hall–Kier alpha value is -1.19. The zero-order valence-corrected chi connectivity index (χ0v) is 8.66. The highest BCUT2D eigenvalue weighted by atomic mass is 16.5. The largest absolute Gasteiger partial charge is 0.473 e. The maximum absolute atomic E-state index is 5.80. The van der Waals surface area contributed by atoms with Crippen LogP contribution in [0.3, 0.4) is 0 Å². The van der Waals surface area contributed by atoms with E-state index in [0.29, 0.717) is 11.6 Å². The van der Waals surface area contributed by atoms with Gasteiger partial charge in [-0.2, -0.15) is 5.10 Å². The van der Waals surface area contributed by atoms with Gasteiger partial charge >= 0.3 is 0 Å². The van der Waals surface area contributed by atoms with Gasteiger partial charge in [-0.3, -0.25) is 0 Å². The quantitative estimate of drug-likeness (QED) is 0.772. The number of hydrogen-bond acceptors (Lipinski definition) is 3. The third kappa shape index (κ3) is 1.94. The van der Waals surface area contributed by atoms with Gasteiger partial charge in [0.15, 0.2) is 0 Å². The molecule has 0 saturated heterocycles. The van der Waals surface area contributed by atoms with Crippen LogP contribution in [0.2, 0.25) is 0 Å². The first-order chi connectivity index (χ1) is 6.06. The van der Waals surface area contributed by atoms with E-state index in [1.165, 1.54) is 0 Å². The van der Waals surface area contributed by atoms with Gasteiger partial charge in [-0.05, 0) is 20.3 Å². The van der Waals surface area contributed by atoms with Gasteiger partial charge in [0.05, 0.1) is 11.8 Å². The second-order valence-corrected chi connectivity index (χ2v) is 3.26. The predicted molar refractivity (Wildman–Crippen MR) is 52.7 cm³/mol. The van der Waals surface area contributed by atoms with Crippen molar-refractivity contribution in [1.29, 1.82) is 0 Å². The first-order valence-corrected chi connectivity index (χ1v) is 4.52. The van der Waals surface area contributed by atoms with Gasteiger partial charge in [-0.25, -0.2) is 4.68 Å². The molecule has 0 fully saturated rings. The van der Waals surface area contributed by atoms with Gasteiger partial charge in [0.1, 0.15) is 5.69 Å². The number of aryl methyl sites for hydroxylation is 2. The van der Waals surface area contributed by atoms with Gasteiger partial charge in [-0.15, -0.1) is 0 Å². The van der Waals surface area contributed by atoms with E-state index in [9.17, 15) is 0 Å². The lowest BCUT2D eigenvalue weighted by Crippen LogP contribution is -2.13. The SMILES string of the molecule is CCC(C)Oc1c(N)c(C)nn1C. The van der Waals surface area contributed by atoms with Gasteiger partial charge in [0.25, 0.3) is 0 Å². The maximum atomic E-state index is 5.80. The molecule has 2 N–H and O–H groups in total. The van der Waals surface area contributed by atoms with Gasteiger partial charge in [0, 0.05) is 7.05 Å². The van der Waals surface area contributed by atoms with Crippen LogP contribution in [0.1, 0.15) is 26.0 Å². The number of ether oxygens (including phenoxy) is 1. The van der Waals surface area contributed by atoms with E-state index in [1.807, 2.05) is 20.9 Å². The van der Waals surface area contributed by atoms with Crippen molar-refractivity contribution in [2.75, 3.05) is 5.73 Å². The molecule has 0 aromatic carbocycles. The lowest BCUT2D eigenvalue weighted by molar-refractivity contribution is 0.200. The summed E-state index contributed by atoms with van der Waals surface area (Å²) in [5.74, 6) is 0.673. The molecule has 4 nitrogen and oxygen atoms in total. The molecule has 0 saturated carbocycles. The number of nitrogens with two attached hydrogens (primary N) is 1. The average Bonchev–Trinajstić information content (AvgIpc) is 2.32. The van der Waals surface area contributed by atoms with Crippen molar-refractivity contribution in [3.63, 3.8) is 0 Å². The number of aromatic nitrogens is 2. The molecule has 1 aromatic rings. The van der Waals surface area contributed by atoms with E-state index in [2.05, 4.69) is 12.0 Å². The predicted octanol–water partition coefficient (Wildman–Crippen LogP) is 1.49. The summed E-state index contributed by atoms with van der Waals surface area (Å²) >= 11 is 0. The Balaban J connectivity index is 2.87. The minimum atomic E-state index is 0.178. The molecule has 0 amide bonds. The zero-order valence-electron chi connectivity index (χ0n) is 8.66. The van der Waals surface area contributed by atoms with Crippen molar-refractivity contribution < 1.29 is 4.74 Å². The number of hydrogen-bond donors (Lipinski definition) is 1. The van der Waals surface area contributed by atoms with Crippen LogP contribution in [0.5, 0.6) is 5.88 Å². The van der Waals surface area contributed by atoms with Crippen LogP contribution in [0.15, 0.2) is 0 Å². The highest BCUT2D eigenvalue weighted by Crippen LogP contribution is 2.24. The van der Waals surface area contributed by atoms with Crippen molar-refractivity contribution in [3.8, 4) is 5.88 Å². The minimum Gasteiger partial charge on any atom is -0.473 e. The molecule has 1 atom stereocenters. The fraction of sp³-hybridized carbons (Fsp3) is 0.667. The van der Waals surface area contributed by atoms with Crippen LogP contribution < -0.4 is 10.5 Å². The van der Waals surface area contributed by atoms with Crippen LogP contribution in [-0.2, 0) is 7.05 Å². The third-order valence-corrected chi connectivity index (χ3v) is 2.10. The fourth-order valence-electron chi connectivity index (χ4n) is 1.07. The molecule has 4 heteroatoms. The minimum absolute atomic E-state index is 0.178. The zero-order chi connectivity index (χ0) is 10.0. The Bertz CT molecular complexity index is 293. The van der Waals surface area contributed by atoms with Crippen LogP contribution in [0.25, 0.3) is 0 Å². The Labute approximate surface area is 78.7 Å². The number of nitrogen functional groups attached to an aromatic ring is 1. The Kier molecular flexibility index (Phi) is 2.80. The van der Waals surface area contributed by atoms with Gasteiger partial charge in [0.2, 0.25) is 5.88 Å². The average molecular weight is 183 g/mol. The molecule has 13 heavy (non-hydrogen) atoms. The monoisotopic (exact) mass is 183 g/mol. The topological polar surface area (TPSA) is 53.1 Å². The Morgan fingerprint density at radius 1 is 1.62 bits per heavy atom. The summed E-state index contributed by atoms with van der Waals surface area (Å²) in [6, 6.07) is 0. The Morgan fingerprint density at radius 2 is 2.23 bits per heavy atom. The van der Waals surface area contributed by atoms with E-state index in [-0.39, 0.29) is 6.10 Å². The maximum Gasteiger partial charge on any atom is 0.236 e. The summed E-state index contributed by atoms with van der Waals surface area (Å²) in [6.45, 7) is 5.96. The summed E-state index contributed by atoms with van der Waals surface area (Å²) in [7, 11) is 1.83. The molecule has 1 aromatic heterocycles. The molecule has 1 unspecified atom stereocenters. The number of anilines is 1. The van der Waals surface area contributed by atoms with E-state index < -0.39 is 0 Å². The van der Waals surface area contributed by atoms with Crippen LogP contribution >= 0.6 is 0 Å². The van der Waals surface area contributed by atoms with Crippen molar-refractivity contribution in [2.45, 2.75) is 33.3 Å². The first-order valence-electron chi connectivity index (χ1n) is 4.52. The first kappa shape index (κ1) is 9.89. The normalized spacial score (nSPS) is 12.9. The summed E-state index contributed by atoms with van der Waals surface area (Å²) in [4.78, 5) is 0. The molecular weight excluding hydrogens is 166 g/mol. The van der Waals surface area contributed by atoms with Crippen LogP contribution in [0.4, 0.5) is 5.69 Å². The van der Waals surface area contributed by atoms with Crippen molar-refractivity contribution in [2.24, 2.45) is 7.05 Å². The summed E-state index contributed by atoms with van der Waals surface area (Å²) in [5.41, 5.74) is 7.26. The molecule has 1 heterocycles. The molecule has 0 aliphatic heterocycles. The van der Waals surface area contributed by atoms with Gasteiger partial charge in [-0.1, -0.05) is 6.92 Å². The molecule has 0 aliphatic carbocycles. The van der Waals surface area contributed by atoms with E-state index in [1.54, 1.807) is 4.68 Å². The highest BCUT2D eigenvalue weighted by Gasteiger charge is 2.13. The molecule has 0 bridgehead atoms. The molecule has 74 valence electrons. The number of rotatable bonds is 3. The van der Waals surface area contributed by atoms with Crippen LogP contribution in [0, 0.1) is 6.92 Å². The summed E-state index contributed by atoms with van der Waals surface area (Å²) in [6.07, 6.45) is 1.14. The summed E-state index contributed by atoms with van der Waals surface area (Å²) < 4.78 is 7.30. The molecule has 0 radical (unpaired) electrons. The molecule has 0 aliphatic rings. The molecule has 1 rings (SSSR count). The lowest BCUT2D eigenvalue weighted by atomic mass is 10.3. The standard InChI is InChI=1S/C9H17N3O/c1-5-6(2)13-9-8(10)7(3)11-12(9)4/h6H,5,10H2,1-4H3. The second kappa shape index (κ2) is 3.68. The van der Waals surface area contributed by atoms with Crippen molar-refractivity contribution >= 4 is 5.69 Å². The van der Waals surface area contributed by atoms with E-state index in [4.69, 9.17) is 10.5 Å². The smallest absolute Gasteiger partial charge is 0.236 e. The van der Waals surface area contributed by atoms with E-state index >= 15 is 0 Å². The highest BCUT2D eigenvalue weighted by molar-refractivity contribution is 5.52. The van der Waals surface area contributed by atoms with Gasteiger partial charge < -0.3 is 10.5 Å². The molecular formula is C9H17N3O. The van der Waals surface area contributed by atoms with Crippen molar-refractivity contribution in [1.82, 2.24) is 9.78 Å². The lowest BCUT2D eigenvalue weighted by Gasteiger charge is -2.12. The summed E-state index contributed by atoms with van der Waals surface area (Å²) in [5, 5.41) is 4.16. The number of nitrogens with zero attached hydrogens (tertiary/aromatic N) is 2. The fourth-order valence-corrected chi connectivity index (χ4v) is 1.07. The van der Waals surface area contributed by atoms with Crippen LogP contribution in [-0.4, -0.2) is 15.9 Å². The van der Waals surface area contributed by atoms with Crippen molar-refractivity contribution in [3.05, 3.63) is 5.69 Å². The third-order valence-electron chi connectivity index (χ3n) is 2.10. The molecule has 0 spiro atoms. The van der Waals surface area contributed by atoms with E-state index in [0.717, 1.165) is 12.1 Å². The Morgan fingerprint density at radius 3 is 2.62 bits per heavy atom.